The third kappa shape index (κ3) is 10.7. The molecule has 0 spiro atoms. The molecule has 1 atom stereocenters. The molecule has 18 heteroatoms. The van der Waals surface area contributed by atoms with Crippen LogP contribution in [0.2, 0.25) is 5.02 Å². The molecule has 6 aromatic rings. The lowest BCUT2D eigenvalue weighted by molar-refractivity contribution is -0.384. The van der Waals surface area contributed by atoms with E-state index in [1.807, 2.05) is 59.5 Å². The van der Waals surface area contributed by atoms with Crippen LogP contribution in [0.4, 0.5) is 28.4 Å². The van der Waals surface area contributed by atoms with Crippen LogP contribution in [-0.2, 0) is 14.8 Å². The van der Waals surface area contributed by atoms with Crippen LogP contribution in [0.5, 0.6) is 5.88 Å². The van der Waals surface area contributed by atoms with Crippen molar-refractivity contribution in [3.05, 3.63) is 141 Å². The highest BCUT2D eigenvalue weighted by Crippen LogP contribution is 2.45. The Balaban J connectivity index is 0.960. The standard InChI is InChI=1S/C53H58ClN9O7S/c1-53(2)19-14-38(43(32-53)36-6-8-39(54)9-7-36)34-60-23-25-61(26-24-60)40-10-12-42(51(64)59-71(67,68)41-11-13-44(47(31-41)63(65)66)57-33-35-17-27-69-28-18-35)46(30-40)62-22-16-49(45-5-3-4-20-55-45)70-52-48(62)29-37-15-21-56-50(37)58-52/h3-13,15,20-21,29-31,35,49,57H,14,16-19,22-28,32-34H2,1-2H3,(H,56,58)(H,59,64)/t49-/m1/s1. The quantitative estimate of drug-likeness (QED) is 0.0733. The number of nitrogens with one attached hydrogen (secondary N) is 3. The van der Waals surface area contributed by atoms with E-state index >= 15 is 0 Å². The maximum absolute atomic E-state index is 14.7. The number of nitrogens with zero attached hydrogens (tertiary/aromatic N) is 6. The van der Waals surface area contributed by atoms with E-state index in [0.29, 0.717) is 55.6 Å². The lowest BCUT2D eigenvalue weighted by atomic mass is 9.72. The first-order valence-electron chi connectivity index (χ1n) is 24.4. The second-order valence-electron chi connectivity index (χ2n) is 19.7. The molecule has 3 N–H and O–H groups in total. The summed E-state index contributed by atoms with van der Waals surface area (Å²) < 4.78 is 42.6. The number of allylic oxidation sites excluding steroid dienone is 1. The monoisotopic (exact) mass is 999 g/mol. The van der Waals surface area contributed by atoms with Gasteiger partial charge >= 0.3 is 0 Å². The van der Waals surface area contributed by atoms with Crippen LogP contribution < -0.4 is 24.6 Å². The van der Waals surface area contributed by atoms with Gasteiger partial charge in [0.05, 0.1) is 26.8 Å². The third-order valence-electron chi connectivity index (χ3n) is 14.3. The summed E-state index contributed by atoms with van der Waals surface area (Å²) >= 11 is 6.30. The average molecular weight is 1000 g/mol. The molecule has 2 saturated heterocycles. The lowest BCUT2D eigenvalue weighted by Gasteiger charge is -2.39. The van der Waals surface area contributed by atoms with Gasteiger partial charge in [-0.15, -0.1) is 0 Å². The molecular formula is C53H58ClN9O7S. The molecule has 3 aromatic heterocycles. The molecule has 0 unspecified atom stereocenters. The van der Waals surface area contributed by atoms with Gasteiger partial charge < -0.3 is 29.6 Å². The Hall–Kier alpha value is -6.53. The van der Waals surface area contributed by atoms with Gasteiger partial charge in [0.1, 0.15) is 23.1 Å². The fraction of sp³-hybridized carbons (Fsp3) is 0.377. The highest BCUT2D eigenvalue weighted by molar-refractivity contribution is 7.90. The lowest BCUT2D eigenvalue weighted by Crippen LogP contribution is -2.47. The molecule has 10 rings (SSSR count). The summed E-state index contributed by atoms with van der Waals surface area (Å²) in [7, 11) is -4.62. The third-order valence-corrected chi connectivity index (χ3v) is 15.9. The van der Waals surface area contributed by atoms with Gasteiger partial charge in [-0.05, 0) is 121 Å². The van der Waals surface area contributed by atoms with Crippen molar-refractivity contribution in [3.63, 3.8) is 0 Å². The zero-order valence-electron chi connectivity index (χ0n) is 39.9. The number of aromatic amines is 1. The normalized spacial score (nSPS) is 18.9. The van der Waals surface area contributed by atoms with E-state index < -0.39 is 37.5 Å². The fourth-order valence-corrected chi connectivity index (χ4v) is 11.4. The van der Waals surface area contributed by atoms with Crippen molar-refractivity contribution < 1.29 is 27.6 Å². The van der Waals surface area contributed by atoms with Crippen molar-refractivity contribution in [2.75, 3.05) is 74.1 Å². The molecule has 2 fully saturated rings. The topological polar surface area (TPSA) is 188 Å². The minimum atomic E-state index is -4.62. The highest BCUT2D eigenvalue weighted by Gasteiger charge is 2.34. The summed E-state index contributed by atoms with van der Waals surface area (Å²) in [5.74, 6) is -0.316. The number of piperazine rings is 1. The SMILES string of the molecule is CC1(C)CCC(CN2CCN(c3ccc(C(=O)NS(=O)(=O)c4ccc(NCC5CCOCC5)c([N+](=O)[O-])c4)c(N4CC[C@H](c5ccccn5)Oc5nc6[nH]ccc6cc54)c3)CC2)=C(c2ccc(Cl)cc2)C1. The van der Waals surface area contributed by atoms with Crippen LogP contribution in [0.1, 0.15) is 80.1 Å². The number of anilines is 4. The van der Waals surface area contributed by atoms with Crippen molar-refractivity contribution in [1.29, 1.82) is 0 Å². The Morgan fingerprint density at radius 1 is 0.944 bits per heavy atom. The molecule has 0 saturated carbocycles. The number of halogens is 1. The number of carbonyl (C=O) groups excluding carboxylic acids is 1. The van der Waals surface area contributed by atoms with E-state index in [2.05, 4.69) is 55.8 Å². The molecule has 1 amide bonds. The van der Waals surface area contributed by atoms with E-state index in [4.69, 9.17) is 26.1 Å². The number of pyridine rings is 2. The summed E-state index contributed by atoms with van der Waals surface area (Å²) in [6.45, 7) is 10.7. The van der Waals surface area contributed by atoms with E-state index in [1.165, 1.54) is 28.8 Å². The zero-order chi connectivity index (χ0) is 49.3. The van der Waals surface area contributed by atoms with Gasteiger partial charge in [0.25, 0.3) is 21.6 Å². The van der Waals surface area contributed by atoms with Crippen molar-refractivity contribution in [2.24, 2.45) is 11.3 Å². The van der Waals surface area contributed by atoms with Gasteiger partial charge in [-0.2, -0.15) is 4.98 Å². The van der Waals surface area contributed by atoms with Crippen molar-refractivity contribution in [3.8, 4) is 5.88 Å². The second kappa shape index (κ2) is 20.3. The number of carbonyl (C=O) groups is 1. The molecule has 16 nitrogen and oxygen atoms in total. The van der Waals surface area contributed by atoms with Gasteiger partial charge in [0.2, 0.25) is 5.88 Å². The first kappa shape index (κ1) is 48.1. The minimum absolute atomic E-state index is 0.0819. The van der Waals surface area contributed by atoms with Gasteiger partial charge in [-0.25, -0.2) is 13.1 Å². The Morgan fingerprint density at radius 2 is 1.75 bits per heavy atom. The predicted molar refractivity (Wildman–Crippen MR) is 276 cm³/mol. The number of H-pyrrole nitrogens is 1. The largest absolute Gasteiger partial charge is 0.466 e. The smallest absolute Gasteiger partial charge is 0.293 e. The van der Waals surface area contributed by atoms with E-state index in [0.717, 1.165) is 92.7 Å². The molecule has 0 bridgehead atoms. The summed E-state index contributed by atoms with van der Waals surface area (Å²) in [5.41, 5.74) is 7.42. The summed E-state index contributed by atoms with van der Waals surface area (Å²) in [4.78, 5) is 45.4. The summed E-state index contributed by atoms with van der Waals surface area (Å²) in [6.07, 6.45) is 8.29. The second-order valence-corrected chi connectivity index (χ2v) is 21.9. The fourth-order valence-electron chi connectivity index (χ4n) is 10.3. The number of sulfonamides is 1. The molecule has 3 aliphatic heterocycles. The van der Waals surface area contributed by atoms with Crippen molar-refractivity contribution >= 4 is 72.6 Å². The van der Waals surface area contributed by atoms with Crippen LogP contribution in [0, 0.1) is 21.4 Å². The van der Waals surface area contributed by atoms with Gasteiger partial charge in [-0.1, -0.05) is 49.2 Å². The first-order valence-corrected chi connectivity index (χ1v) is 26.2. The number of ether oxygens (including phenoxy) is 2. The number of fused-ring (bicyclic) bond motifs is 2. The average Bonchev–Trinajstić information content (AvgIpc) is 3.75. The van der Waals surface area contributed by atoms with E-state index in [1.54, 1.807) is 18.5 Å². The molecule has 6 heterocycles. The van der Waals surface area contributed by atoms with Crippen molar-refractivity contribution in [1.82, 2.24) is 24.6 Å². The molecule has 1 aliphatic carbocycles. The molecule has 71 heavy (non-hydrogen) atoms. The predicted octanol–water partition coefficient (Wildman–Crippen LogP) is 9.92. The number of benzene rings is 3. The maximum atomic E-state index is 14.7. The Morgan fingerprint density at radius 3 is 2.51 bits per heavy atom. The van der Waals surface area contributed by atoms with Crippen LogP contribution >= 0.6 is 11.6 Å². The Kier molecular flexibility index (Phi) is 13.8. The Bertz CT molecular complexity index is 3080. The summed E-state index contributed by atoms with van der Waals surface area (Å²) in [6, 6.07) is 26.8. The van der Waals surface area contributed by atoms with Crippen LogP contribution in [0.15, 0.2) is 114 Å². The highest BCUT2D eigenvalue weighted by atomic mass is 35.5. The van der Waals surface area contributed by atoms with Gasteiger partial charge in [0, 0.05) is 100 Å². The Labute approximate surface area is 418 Å². The van der Waals surface area contributed by atoms with Crippen LogP contribution in [0.3, 0.4) is 0 Å². The zero-order valence-corrected chi connectivity index (χ0v) is 41.5. The minimum Gasteiger partial charge on any atom is -0.466 e. The number of aromatic nitrogens is 3. The molecular weight excluding hydrogens is 942 g/mol. The number of amides is 1. The van der Waals surface area contributed by atoms with Crippen molar-refractivity contribution in [2.45, 2.75) is 63.4 Å². The van der Waals surface area contributed by atoms with E-state index in [-0.39, 0.29) is 22.6 Å². The number of hydrogen-bond donors (Lipinski definition) is 3. The number of hydrogen-bond acceptors (Lipinski definition) is 13. The number of nitro groups is 1. The summed E-state index contributed by atoms with van der Waals surface area (Å²) in [5, 5.41) is 17.0. The molecule has 3 aromatic carbocycles. The van der Waals surface area contributed by atoms with E-state index in [9.17, 15) is 23.3 Å². The number of nitro benzene ring substituents is 1. The first-order chi connectivity index (χ1) is 34.3. The molecule has 0 radical (unpaired) electrons. The molecule has 370 valence electrons. The maximum Gasteiger partial charge on any atom is 0.293 e. The van der Waals surface area contributed by atoms with Crippen LogP contribution in [-0.4, -0.2) is 98.1 Å². The van der Waals surface area contributed by atoms with Gasteiger partial charge in [0.15, 0.2) is 0 Å². The van der Waals surface area contributed by atoms with Crippen LogP contribution in [0.25, 0.3) is 16.6 Å². The number of rotatable bonds is 13. The van der Waals surface area contributed by atoms with Gasteiger partial charge in [-0.3, -0.25) is 24.8 Å². The molecule has 4 aliphatic rings.